The van der Waals surface area contributed by atoms with Crippen LogP contribution in [0, 0.1) is 0 Å². The molecule has 0 saturated heterocycles. The Morgan fingerprint density at radius 1 is 0.906 bits per heavy atom. The minimum Gasteiger partial charge on any atom is -0.361 e. The van der Waals surface area contributed by atoms with Crippen LogP contribution in [0.25, 0.3) is 10.9 Å². The van der Waals surface area contributed by atoms with Crippen molar-refractivity contribution in [1.29, 1.82) is 0 Å². The lowest BCUT2D eigenvalue weighted by Crippen LogP contribution is -2.28. The SMILES string of the molecule is C[C@H](NC(=O)C[C@H](c1ccccc1C(F)(F)F)c1c[nH]c2ccccc12)c1ccccc1. The highest BCUT2D eigenvalue weighted by Crippen LogP contribution is 2.40. The molecular weight excluding hydrogens is 413 g/mol. The van der Waals surface area contributed by atoms with E-state index in [-0.39, 0.29) is 23.9 Å². The van der Waals surface area contributed by atoms with Crippen LogP contribution < -0.4 is 5.32 Å². The van der Waals surface area contributed by atoms with E-state index in [1.165, 1.54) is 12.1 Å². The monoisotopic (exact) mass is 436 g/mol. The summed E-state index contributed by atoms with van der Waals surface area (Å²) in [5, 5.41) is 3.74. The van der Waals surface area contributed by atoms with E-state index < -0.39 is 17.7 Å². The van der Waals surface area contributed by atoms with E-state index in [2.05, 4.69) is 10.3 Å². The smallest absolute Gasteiger partial charge is 0.361 e. The molecule has 1 heterocycles. The number of carbonyl (C=O) groups is 1. The predicted molar refractivity (Wildman–Crippen MR) is 119 cm³/mol. The largest absolute Gasteiger partial charge is 0.416 e. The molecule has 0 aliphatic carbocycles. The summed E-state index contributed by atoms with van der Waals surface area (Å²) in [5.41, 5.74) is 1.78. The van der Waals surface area contributed by atoms with Gasteiger partial charge in [-0.3, -0.25) is 4.79 Å². The van der Waals surface area contributed by atoms with Gasteiger partial charge in [-0.05, 0) is 35.7 Å². The number of halogens is 3. The Bertz CT molecular complexity index is 1210. The summed E-state index contributed by atoms with van der Waals surface area (Å²) in [7, 11) is 0. The van der Waals surface area contributed by atoms with Gasteiger partial charge < -0.3 is 10.3 Å². The van der Waals surface area contributed by atoms with Crippen LogP contribution in [0.4, 0.5) is 13.2 Å². The van der Waals surface area contributed by atoms with Crippen molar-refractivity contribution in [2.24, 2.45) is 0 Å². The first-order chi connectivity index (χ1) is 15.3. The first-order valence-electron chi connectivity index (χ1n) is 10.4. The average molecular weight is 436 g/mol. The standard InChI is InChI=1S/C26H23F3N2O/c1-17(18-9-3-2-4-10-18)31-25(32)15-21(19-11-5-7-13-23(19)26(27,28)29)22-16-30-24-14-8-6-12-20(22)24/h2-14,16-17,21,30H,15H2,1H3,(H,31,32)/t17-,21+/m0/s1. The molecule has 0 radical (unpaired) electrons. The van der Waals surface area contributed by atoms with Gasteiger partial charge in [-0.25, -0.2) is 0 Å². The number of aromatic amines is 1. The van der Waals surface area contributed by atoms with Gasteiger partial charge in [-0.2, -0.15) is 13.2 Å². The van der Waals surface area contributed by atoms with Crippen LogP contribution in [-0.2, 0) is 11.0 Å². The Labute approximate surface area is 184 Å². The normalized spacial score (nSPS) is 13.6. The molecule has 0 aliphatic heterocycles. The molecule has 0 fully saturated rings. The highest BCUT2D eigenvalue weighted by molar-refractivity contribution is 5.86. The minimum absolute atomic E-state index is 0.0901. The van der Waals surface area contributed by atoms with E-state index in [0.717, 1.165) is 22.5 Å². The number of hydrogen-bond donors (Lipinski definition) is 2. The van der Waals surface area contributed by atoms with Gasteiger partial charge in [0.2, 0.25) is 5.91 Å². The molecule has 0 spiro atoms. The van der Waals surface area contributed by atoms with Crippen LogP contribution in [0.15, 0.2) is 85.1 Å². The van der Waals surface area contributed by atoms with E-state index in [4.69, 9.17) is 0 Å². The summed E-state index contributed by atoms with van der Waals surface area (Å²) in [6, 6.07) is 22.1. The van der Waals surface area contributed by atoms with Gasteiger partial charge in [0, 0.05) is 29.4 Å². The molecule has 0 unspecified atom stereocenters. The molecule has 2 atom stereocenters. The molecule has 3 nitrogen and oxygen atoms in total. The molecule has 164 valence electrons. The van der Waals surface area contributed by atoms with Gasteiger partial charge in [-0.1, -0.05) is 66.7 Å². The summed E-state index contributed by atoms with van der Waals surface area (Å²) >= 11 is 0. The number of alkyl halides is 3. The second kappa shape index (κ2) is 8.91. The molecule has 3 aromatic carbocycles. The molecule has 0 saturated carbocycles. The number of amides is 1. The molecule has 6 heteroatoms. The third-order valence-corrected chi connectivity index (χ3v) is 5.70. The topological polar surface area (TPSA) is 44.9 Å². The maximum atomic E-state index is 13.8. The first kappa shape index (κ1) is 21.7. The molecule has 1 aromatic heterocycles. The van der Waals surface area contributed by atoms with Crippen LogP contribution >= 0.6 is 0 Å². The van der Waals surface area contributed by atoms with Gasteiger partial charge in [-0.15, -0.1) is 0 Å². The number of para-hydroxylation sites is 1. The number of fused-ring (bicyclic) bond motifs is 1. The second-order valence-corrected chi connectivity index (χ2v) is 7.83. The van der Waals surface area contributed by atoms with Crippen molar-refractivity contribution in [3.8, 4) is 0 Å². The van der Waals surface area contributed by atoms with Gasteiger partial charge >= 0.3 is 6.18 Å². The summed E-state index contributed by atoms with van der Waals surface area (Å²) < 4.78 is 41.5. The third kappa shape index (κ3) is 4.54. The number of carbonyl (C=O) groups excluding carboxylic acids is 1. The second-order valence-electron chi connectivity index (χ2n) is 7.83. The Balaban J connectivity index is 1.72. The number of benzene rings is 3. The van der Waals surface area contributed by atoms with Crippen molar-refractivity contribution < 1.29 is 18.0 Å². The van der Waals surface area contributed by atoms with E-state index in [0.29, 0.717) is 5.56 Å². The number of hydrogen-bond acceptors (Lipinski definition) is 1. The van der Waals surface area contributed by atoms with Gasteiger partial charge in [0.15, 0.2) is 0 Å². The maximum absolute atomic E-state index is 13.8. The minimum atomic E-state index is -4.52. The number of nitrogens with one attached hydrogen (secondary N) is 2. The van der Waals surface area contributed by atoms with Crippen LogP contribution in [0.2, 0.25) is 0 Å². The Morgan fingerprint density at radius 3 is 2.31 bits per heavy atom. The van der Waals surface area contributed by atoms with Crippen LogP contribution in [0.1, 0.15) is 47.6 Å². The highest BCUT2D eigenvalue weighted by Gasteiger charge is 2.36. The zero-order valence-corrected chi connectivity index (χ0v) is 17.5. The summed E-state index contributed by atoms with van der Waals surface area (Å²) in [6.45, 7) is 1.86. The van der Waals surface area contributed by atoms with Gasteiger partial charge in [0.05, 0.1) is 11.6 Å². The van der Waals surface area contributed by atoms with E-state index in [1.54, 1.807) is 12.3 Å². The number of aromatic nitrogens is 1. The molecular formula is C26H23F3N2O. The lowest BCUT2D eigenvalue weighted by Gasteiger charge is -2.23. The Kier molecular flexibility index (Phi) is 6.04. The van der Waals surface area contributed by atoms with Gasteiger partial charge in [0.25, 0.3) is 0 Å². The first-order valence-corrected chi connectivity index (χ1v) is 10.4. The molecule has 1 amide bonds. The molecule has 4 rings (SSSR count). The fraction of sp³-hybridized carbons (Fsp3) is 0.192. The van der Waals surface area contributed by atoms with Crippen molar-refractivity contribution in [1.82, 2.24) is 10.3 Å². The van der Waals surface area contributed by atoms with Crippen molar-refractivity contribution in [2.45, 2.75) is 31.5 Å². The van der Waals surface area contributed by atoms with Crippen molar-refractivity contribution in [3.63, 3.8) is 0 Å². The van der Waals surface area contributed by atoms with Crippen molar-refractivity contribution in [3.05, 3.63) is 107 Å². The van der Waals surface area contributed by atoms with E-state index >= 15 is 0 Å². The predicted octanol–water partition coefficient (Wildman–Crippen LogP) is 6.59. The molecule has 2 N–H and O–H groups in total. The van der Waals surface area contributed by atoms with Crippen molar-refractivity contribution in [2.75, 3.05) is 0 Å². The zero-order valence-electron chi connectivity index (χ0n) is 17.5. The fourth-order valence-corrected chi connectivity index (χ4v) is 4.14. The zero-order chi connectivity index (χ0) is 22.7. The summed E-state index contributed by atoms with van der Waals surface area (Å²) in [5.74, 6) is -1.07. The maximum Gasteiger partial charge on any atom is 0.416 e. The third-order valence-electron chi connectivity index (χ3n) is 5.70. The summed E-state index contributed by atoms with van der Waals surface area (Å²) in [6.07, 6.45) is -2.92. The van der Waals surface area contributed by atoms with Crippen LogP contribution in [-0.4, -0.2) is 10.9 Å². The number of H-pyrrole nitrogens is 1. The lowest BCUT2D eigenvalue weighted by atomic mass is 9.85. The average Bonchev–Trinajstić information content (AvgIpc) is 3.21. The van der Waals surface area contributed by atoms with Crippen LogP contribution in [0.3, 0.4) is 0 Å². The fourth-order valence-electron chi connectivity index (χ4n) is 4.14. The quantitative estimate of drug-likeness (QED) is 0.352. The summed E-state index contributed by atoms with van der Waals surface area (Å²) in [4.78, 5) is 16.1. The van der Waals surface area contributed by atoms with Crippen molar-refractivity contribution >= 4 is 16.8 Å². The molecule has 32 heavy (non-hydrogen) atoms. The lowest BCUT2D eigenvalue weighted by molar-refractivity contribution is -0.138. The highest BCUT2D eigenvalue weighted by atomic mass is 19.4. The molecule has 0 bridgehead atoms. The Morgan fingerprint density at radius 2 is 1.56 bits per heavy atom. The molecule has 4 aromatic rings. The van der Waals surface area contributed by atoms with Gasteiger partial charge in [0.1, 0.15) is 0 Å². The number of rotatable bonds is 6. The molecule has 0 aliphatic rings. The Hall–Kier alpha value is -3.54. The van der Waals surface area contributed by atoms with Crippen LogP contribution in [0.5, 0.6) is 0 Å². The van der Waals surface area contributed by atoms with E-state index in [1.807, 2.05) is 61.5 Å². The van der Waals surface area contributed by atoms with E-state index in [9.17, 15) is 18.0 Å².